The second kappa shape index (κ2) is 7.20. The summed E-state index contributed by atoms with van der Waals surface area (Å²) < 4.78 is 2.09. The molecule has 116 valence electrons. The highest BCUT2D eigenvalue weighted by Gasteiger charge is 2.34. The third-order valence-electron chi connectivity index (χ3n) is 4.68. The van der Waals surface area contributed by atoms with Crippen LogP contribution < -0.4 is 11.3 Å². The van der Waals surface area contributed by atoms with Crippen molar-refractivity contribution in [2.45, 2.75) is 65.1 Å². The molecule has 0 bridgehead atoms. The normalized spacial score (nSPS) is 16.4. The zero-order valence-corrected chi connectivity index (χ0v) is 13.9. The Bertz CT molecular complexity index is 412. The predicted molar refractivity (Wildman–Crippen MR) is 84.5 cm³/mol. The average Bonchev–Trinajstić information content (AvgIpc) is 2.85. The Morgan fingerprint density at radius 3 is 2.45 bits per heavy atom. The fourth-order valence-corrected chi connectivity index (χ4v) is 2.67. The maximum atomic E-state index is 5.84. The Morgan fingerprint density at radius 1 is 1.40 bits per heavy atom. The van der Waals surface area contributed by atoms with E-state index < -0.39 is 0 Å². The van der Waals surface area contributed by atoms with E-state index in [9.17, 15) is 0 Å². The van der Waals surface area contributed by atoms with Gasteiger partial charge in [0, 0.05) is 30.2 Å². The molecule has 0 aliphatic heterocycles. The molecule has 20 heavy (non-hydrogen) atoms. The van der Waals surface area contributed by atoms with E-state index in [-0.39, 0.29) is 11.6 Å². The van der Waals surface area contributed by atoms with Gasteiger partial charge in [-0.1, -0.05) is 13.8 Å². The van der Waals surface area contributed by atoms with Gasteiger partial charge in [0.15, 0.2) is 0 Å². The van der Waals surface area contributed by atoms with Crippen LogP contribution in [0, 0.1) is 0 Å². The molecule has 1 rings (SSSR count). The molecule has 2 unspecified atom stereocenters. The fourth-order valence-electron chi connectivity index (χ4n) is 2.67. The summed E-state index contributed by atoms with van der Waals surface area (Å²) in [6, 6.07) is 2.40. The molecule has 0 aromatic carbocycles. The van der Waals surface area contributed by atoms with Crippen LogP contribution in [0.15, 0.2) is 6.07 Å². The van der Waals surface area contributed by atoms with E-state index in [2.05, 4.69) is 68.0 Å². The minimum absolute atomic E-state index is 0.0178. The first kappa shape index (κ1) is 17.1. The van der Waals surface area contributed by atoms with Crippen LogP contribution in [-0.2, 0) is 19.4 Å². The van der Waals surface area contributed by atoms with Crippen molar-refractivity contribution in [2.24, 2.45) is 5.84 Å². The van der Waals surface area contributed by atoms with Crippen LogP contribution in [0.1, 0.15) is 45.5 Å². The minimum atomic E-state index is 0.0178. The second-order valence-corrected chi connectivity index (χ2v) is 5.82. The number of aryl methyl sites for hydroxylation is 2. The number of rotatable bonds is 8. The van der Waals surface area contributed by atoms with Crippen LogP contribution in [0.3, 0.4) is 0 Å². The van der Waals surface area contributed by atoms with Crippen molar-refractivity contribution < 1.29 is 0 Å². The Balaban J connectivity index is 3.01. The Morgan fingerprint density at radius 2 is 2.05 bits per heavy atom. The Labute approximate surface area is 123 Å². The van der Waals surface area contributed by atoms with Crippen LogP contribution in [0.4, 0.5) is 0 Å². The first-order valence-corrected chi connectivity index (χ1v) is 7.62. The molecule has 1 aromatic rings. The summed E-state index contributed by atoms with van der Waals surface area (Å²) in [6.45, 7) is 9.63. The molecule has 0 aliphatic rings. The number of nitrogens with two attached hydrogens (primary N) is 1. The topological polar surface area (TPSA) is 59.1 Å². The molecule has 5 heteroatoms. The number of likely N-dealkylation sites (N-methyl/N-ethyl adjacent to an activating group) is 1. The van der Waals surface area contributed by atoms with Gasteiger partial charge in [-0.15, -0.1) is 0 Å². The van der Waals surface area contributed by atoms with E-state index in [0.717, 1.165) is 31.5 Å². The monoisotopic (exact) mass is 281 g/mol. The Kier molecular flexibility index (Phi) is 6.17. The zero-order chi connectivity index (χ0) is 15.3. The summed E-state index contributed by atoms with van der Waals surface area (Å²) in [5.74, 6) is 5.84. The van der Waals surface area contributed by atoms with Crippen molar-refractivity contribution in [3.63, 3.8) is 0 Å². The third kappa shape index (κ3) is 3.40. The summed E-state index contributed by atoms with van der Waals surface area (Å²) in [7, 11) is 4.23. The first-order valence-electron chi connectivity index (χ1n) is 7.62. The Hall–Kier alpha value is -0.910. The fraction of sp³-hybridized carbons (Fsp3) is 0.800. The maximum absolute atomic E-state index is 5.84. The lowest BCUT2D eigenvalue weighted by molar-refractivity contribution is 0.111. The average molecular weight is 281 g/mol. The van der Waals surface area contributed by atoms with Gasteiger partial charge in [-0.25, -0.2) is 0 Å². The number of hydrogen-bond donors (Lipinski definition) is 2. The zero-order valence-electron chi connectivity index (χ0n) is 13.9. The smallest absolute Gasteiger partial charge is 0.0624 e. The molecule has 1 heterocycles. The largest absolute Gasteiger partial charge is 0.302 e. The van der Waals surface area contributed by atoms with Crippen molar-refractivity contribution in [2.75, 3.05) is 14.1 Å². The van der Waals surface area contributed by atoms with Crippen molar-refractivity contribution in [3.8, 4) is 0 Å². The number of hydrazine groups is 1. The van der Waals surface area contributed by atoms with Gasteiger partial charge >= 0.3 is 0 Å². The first-order chi connectivity index (χ1) is 9.42. The lowest BCUT2D eigenvalue weighted by Crippen LogP contribution is -2.59. The van der Waals surface area contributed by atoms with Gasteiger partial charge in [0.1, 0.15) is 0 Å². The summed E-state index contributed by atoms with van der Waals surface area (Å²) in [5, 5.41) is 4.62. The molecule has 0 aliphatic carbocycles. The number of aromatic nitrogens is 2. The van der Waals surface area contributed by atoms with Gasteiger partial charge in [0.25, 0.3) is 0 Å². The molecular weight excluding hydrogens is 250 g/mol. The van der Waals surface area contributed by atoms with Crippen molar-refractivity contribution >= 4 is 0 Å². The standard InChI is InChI=1S/C15H31N5/c1-7-12-10-13(20(9-3)18-12)11-14(17-16)15(4,8-2)19(5)6/h10,14,17H,7-9,11,16H2,1-6H3. The summed E-state index contributed by atoms with van der Waals surface area (Å²) in [4.78, 5) is 2.25. The van der Waals surface area contributed by atoms with Gasteiger partial charge in [0.05, 0.1) is 5.69 Å². The van der Waals surface area contributed by atoms with Gasteiger partial charge < -0.3 is 4.90 Å². The van der Waals surface area contributed by atoms with Crippen LogP contribution in [0.5, 0.6) is 0 Å². The van der Waals surface area contributed by atoms with E-state index in [4.69, 9.17) is 5.84 Å². The van der Waals surface area contributed by atoms with Crippen LogP contribution in [0.2, 0.25) is 0 Å². The molecule has 0 amide bonds. The number of nitrogens with one attached hydrogen (secondary N) is 1. The molecule has 0 fully saturated rings. The molecule has 2 atom stereocenters. The summed E-state index contributed by atoms with van der Waals surface area (Å²) in [6.07, 6.45) is 2.90. The van der Waals surface area contributed by atoms with Gasteiger partial charge in [-0.2, -0.15) is 5.10 Å². The highest BCUT2D eigenvalue weighted by Crippen LogP contribution is 2.24. The van der Waals surface area contributed by atoms with Crippen molar-refractivity contribution in [1.82, 2.24) is 20.1 Å². The van der Waals surface area contributed by atoms with E-state index in [0.29, 0.717) is 0 Å². The minimum Gasteiger partial charge on any atom is -0.302 e. The van der Waals surface area contributed by atoms with E-state index in [1.807, 2.05) is 0 Å². The lowest BCUT2D eigenvalue weighted by atomic mass is 9.85. The SMILES string of the molecule is CCc1cc(CC(NN)C(C)(CC)N(C)C)n(CC)n1. The van der Waals surface area contributed by atoms with E-state index in [1.165, 1.54) is 5.69 Å². The van der Waals surface area contributed by atoms with Gasteiger partial charge in [0.2, 0.25) is 0 Å². The molecule has 1 aromatic heterocycles. The lowest BCUT2D eigenvalue weighted by Gasteiger charge is -2.42. The van der Waals surface area contributed by atoms with Crippen molar-refractivity contribution in [3.05, 3.63) is 17.5 Å². The van der Waals surface area contributed by atoms with E-state index >= 15 is 0 Å². The van der Waals surface area contributed by atoms with Crippen molar-refractivity contribution in [1.29, 1.82) is 0 Å². The quantitative estimate of drug-likeness (QED) is 0.561. The van der Waals surface area contributed by atoms with Crippen LogP contribution >= 0.6 is 0 Å². The molecule has 5 nitrogen and oxygen atoms in total. The highest BCUT2D eigenvalue weighted by atomic mass is 15.3. The maximum Gasteiger partial charge on any atom is 0.0624 e. The van der Waals surface area contributed by atoms with Gasteiger partial charge in [-0.3, -0.25) is 16.0 Å². The van der Waals surface area contributed by atoms with E-state index in [1.54, 1.807) is 0 Å². The van der Waals surface area contributed by atoms with Crippen LogP contribution in [0.25, 0.3) is 0 Å². The molecular formula is C15H31N5. The number of nitrogens with zero attached hydrogens (tertiary/aromatic N) is 3. The van der Waals surface area contributed by atoms with Crippen LogP contribution in [-0.4, -0.2) is 40.4 Å². The second-order valence-electron chi connectivity index (χ2n) is 5.82. The van der Waals surface area contributed by atoms with Gasteiger partial charge in [-0.05, 0) is 46.9 Å². The summed E-state index contributed by atoms with van der Waals surface area (Å²) >= 11 is 0. The molecule has 0 saturated carbocycles. The number of hydrogen-bond acceptors (Lipinski definition) is 4. The third-order valence-corrected chi connectivity index (χ3v) is 4.68. The highest BCUT2D eigenvalue weighted by molar-refractivity contribution is 5.14. The summed E-state index contributed by atoms with van der Waals surface area (Å²) in [5.41, 5.74) is 5.45. The molecule has 0 saturated heterocycles. The molecule has 0 spiro atoms. The predicted octanol–water partition coefficient (Wildman–Crippen LogP) is 1.57. The molecule has 0 radical (unpaired) electrons. The molecule has 3 N–H and O–H groups in total.